The summed E-state index contributed by atoms with van der Waals surface area (Å²) in [4.78, 5) is 38.5. The number of carbonyl (C=O) groups is 3. The van der Waals surface area contributed by atoms with E-state index in [1.165, 1.54) is 31.4 Å². The van der Waals surface area contributed by atoms with Crippen LogP contribution in [0.3, 0.4) is 0 Å². The van der Waals surface area contributed by atoms with Crippen LogP contribution < -0.4 is 19.5 Å². The summed E-state index contributed by atoms with van der Waals surface area (Å²) in [6.45, 7) is -0.622. The van der Waals surface area contributed by atoms with Gasteiger partial charge < -0.3 is 19.5 Å². The Morgan fingerprint density at radius 1 is 1.15 bits per heavy atom. The topological polar surface area (TPSA) is 94.2 Å². The van der Waals surface area contributed by atoms with Crippen molar-refractivity contribution in [3.05, 3.63) is 58.5 Å². The van der Waals surface area contributed by atoms with Gasteiger partial charge in [-0.25, -0.2) is 0 Å². The first-order chi connectivity index (χ1) is 16.3. The van der Waals surface area contributed by atoms with Gasteiger partial charge in [-0.1, -0.05) is 6.07 Å². The van der Waals surface area contributed by atoms with Gasteiger partial charge in [-0.2, -0.15) is 8.78 Å². The summed E-state index contributed by atoms with van der Waals surface area (Å²) in [6.07, 6.45) is 1.59. The third-order valence-electron chi connectivity index (χ3n) is 4.62. The van der Waals surface area contributed by atoms with Crippen LogP contribution in [-0.2, 0) is 4.79 Å². The maximum Gasteiger partial charge on any atom is 0.387 e. The highest BCUT2D eigenvalue weighted by Gasteiger charge is 2.34. The number of amides is 3. The van der Waals surface area contributed by atoms with Crippen LogP contribution >= 0.6 is 11.8 Å². The van der Waals surface area contributed by atoms with E-state index < -0.39 is 23.7 Å². The number of benzene rings is 2. The third-order valence-corrected chi connectivity index (χ3v) is 5.53. The van der Waals surface area contributed by atoms with Crippen LogP contribution in [0, 0.1) is 0 Å². The van der Waals surface area contributed by atoms with Crippen molar-refractivity contribution >= 4 is 34.9 Å². The molecule has 1 fully saturated rings. The maximum atomic E-state index is 12.7. The Kier molecular flexibility index (Phi) is 8.47. The number of hydrogen-bond donors (Lipinski definition) is 1. The highest BCUT2D eigenvalue weighted by atomic mass is 32.2. The highest BCUT2D eigenvalue weighted by molar-refractivity contribution is 8.18. The number of methoxy groups -OCH3 is 1. The monoisotopic (exact) mass is 492 g/mol. The molecule has 1 saturated heterocycles. The predicted molar refractivity (Wildman–Crippen MR) is 122 cm³/mol. The SMILES string of the molecule is CCOc1ccc(/C=C2/SC(=O)N(CCNC(=O)c3ccc(OC(F)F)cc3)C2=O)cc1OC. The molecule has 2 aromatic rings. The number of halogens is 2. The molecule has 0 radical (unpaired) electrons. The van der Waals surface area contributed by atoms with Crippen molar-refractivity contribution in [2.45, 2.75) is 13.5 Å². The molecule has 3 amide bonds. The van der Waals surface area contributed by atoms with E-state index in [0.29, 0.717) is 23.7 Å². The Morgan fingerprint density at radius 3 is 2.53 bits per heavy atom. The number of carbonyl (C=O) groups excluding carboxylic acids is 3. The molecule has 0 unspecified atom stereocenters. The van der Waals surface area contributed by atoms with Crippen molar-refractivity contribution in [2.75, 3.05) is 26.8 Å². The van der Waals surface area contributed by atoms with Gasteiger partial charge >= 0.3 is 6.61 Å². The second kappa shape index (κ2) is 11.5. The minimum Gasteiger partial charge on any atom is -0.493 e. The Balaban J connectivity index is 1.58. The van der Waals surface area contributed by atoms with Crippen LogP contribution in [0.5, 0.6) is 17.2 Å². The molecule has 180 valence electrons. The smallest absolute Gasteiger partial charge is 0.387 e. The van der Waals surface area contributed by atoms with Gasteiger partial charge in [-0.15, -0.1) is 0 Å². The summed E-state index contributed by atoms with van der Waals surface area (Å²) in [5.74, 6) is 0.0630. The van der Waals surface area contributed by atoms with Gasteiger partial charge in [0.05, 0.1) is 18.6 Å². The molecule has 1 aliphatic heterocycles. The number of alkyl halides is 2. The Hall–Kier alpha value is -3.60. The largest absolute Gasteiger partial charge is 0.493 e. The molecule has 0 spiro atoms. The van der Waals surface area contributed by atoms with Gasteiger partial charge in [0, 0.05) is 18.7 Å². The number of imide groups is 1. The van der Waals surface area contributed by atoms with Crippen LogP contribution in [0.15, 0.2) is 47.4 Å². The van der Waals surface area contributed by atoms with E-state index in [9.17, 15) is 23.2 Å². The van der Waals surface area contributed by atoms with Gasteiger partial charge in [0.1, 0.15) is 5.75 Å². The minimum absolute atomic E-state index is 0.0209. The molecule has 3 rings (SSSR count). The standard InChI is InChI=1S/C23H22F2N2O6S/c1-3-32-17-9-4-14(12-18(17)31-2)13-19-21(29)27(23(30)34-19)11-10-26-20(28)15-5-7-16(8-6-15)33-22(24)25/h4-9,12-13,22H,3,10-11H2,1-2H3,(H,26,28)/b19-13+. The van der Waals surface area contributed by atoms with Gasteiger partial charge in [0.15, 0.2) is 11.5 Å². The zero-order chi connectivity index (χ0) is 24.7. The summed E-state index contributed by atoms with van der Waals surface area (Å²) >= 11 is 0.805. The number of rotatable bonds is 10. The van der Waals surface area contributed by atoms with Gasteiger partial charge in [-0.05, 0) is 66.7 Å². The normalized spacial score (nSPS) is 14.6. The van der Waals surface area contributed by atoms with Crippen molar-refractivity contribution in [1.82, 2.24) is 10.2 Å². The van der Waals surface area contributed by atoms with Crippen molar-refractivity contribution < 1.29 is 37.4 Å². The molecular formula is C23H22F2N2O6S. The summed E-state index contributed by atoms with van der Waals surface area (Å²) in [7, 11) is 1.51. The summed E-state index contributed by atoms with van der Waals surface area (Å²) in [5, 5.41) is 2.14. The fourth-order valence-electron chi connectivity index (χ4n) is 3.06. The first-order valence-electron chi connectivity index (χ1n) is 10.2. The van der Waals surface area contributed by atoms with Crippen LogP contribution in [0.2, 0.25) is 0 Å². The predicted octanol–water partition coefficient (Wildman–Crippen LogP) is 4.16. The second-order valence-corrected chi connectivity index (χ2v) is 7.83. The molecule has 8 nitrogen and oxygen atoms in total. The minimum atomic E-state index is -2.96. The molecule has 1 N–H and O–H groups in total. The molecule has 11 heteroatoms. The average Bonchev–Trinajstić information content (AvgIpc) is 3.07. The van der Waals surface area contributed by atoms with Crippen LogP contribution in [-0.4, -0.2) is 55.4 Å². The highest BCUT2D eigenvalue weighted by Crippen LogP contribution is 2.34. The van der Waals surface area contributed by atoms with Gasteiger partial charge in [0.25, 0.3) is 17.1 Å². The van der Waals surface area contributed by atoms with E-state index in [2.05, 4.69) is 10.1 Å². The Bertz CT molecular complexity index is 1090. The van der Waals surface area contributed by atoms with Crippen molar-refractivity contribution in [2.24, 2.45) is 0 Å². The number of nitrogens with zero attached hydrogens (tertiary/aromatic N) is 1. The summed E-state index contributed by atoms with van der Waals surface area (Å²) in [6, 6.07) is 10.3. The molecule has 0 bridgehead atoms. The van der Waals surface area contributed by atoms with E-state index in [1.54, 1.807) is 24.3 Å². The molecule has 34 heavy (non-hydrogen) atoms. The Labute approximate surface area is 198 Å². The molecule has 1 heterocycles. The van der Waals surface area contributed by atoms with E-state index in [-0.39, 0.29) is 29.3 Å². The Morgan fingerprint density at radius 2 is 1.88 bits per heavy atom. The molecule has 0 saturated carbocycles. The number of ether oxygens (including phenoxy) is 3. The number of nitrogens with one attached hydrogen (secondary N) is 1. The molecule has 0 aromatic heterocycles. The maximum absolute atomic E-state index is 12.7. The quantitative estimate of drug-likeness (QED) is 0.498. The summed E-state index contributed by atoms with van der Waals surface area (Å²) in [5.41, 5.74) is 0.887. The lowest BCUT2D eigenvalue weighted by molar-refractivity contribution is -0.122. The lowest BCUT2D eigenvalue weighted by atomic mass is 10.2. The van der Waals surface area contributed by atoms with Gasteiger partial charge in [0.2, 0.25) is 0 Å². The van der Waals surface area contributed by atoms with Crippen molar-refractivity contribution in [3.63, 3.8) is 0 Å². The summed E-state index contributed by atoms with van der Waals surface area (Å²) < 4.78 is 39.4. The van der Waals surface area contributed by atoms with E-state index in [0.717, 1.165) is 16.7 Å². The zero-order valence-electron chi connectivity index (χ0n) is 18.4. The fourth-order valence-corrected chi connectivity index (χ4v) is 3.93. The van der Waals surface area contributed by atoms with E-state index in [4.69, 9.17) is 9.47 Å². The molecular weight excluding hydrogens is 470 g/mol. The average molecular weight is 493 g/mol. The molecule has 2 aromatic carbocycles. The van der Waals surface area contributed by atoms with E-state index in [1.807, 2.05) is 6.92 Å². The number of hydrogen-bond acceptors (Lipinski definition) is 7. The molecule has 0 aliphatic carbocycles. The van der Waals surface area contributed by atoms with Crippen molar-refractivity contribution in [3.8, 4) is 17.2 Å². The van der Waals surface area contributed by atoms with Crippen LogP contribution in [0.25, 0.3) is 6.08 Å². The first-order valence-corrected chi connectivity index (χ1v) is 11.0. The van der Waals surface area contributed by atoms with Crippen LogP contribution in [0.4, 0.5) is 13.6 Å². The lowest BCUT2D eigenvalue weighted by Gasteiger charge is -2.13. The van der Waals surface area contributed by atoms with Crippen molar-refractivity contribution in [1.29, 1.82) is 0 Å². The third kappa shape index (κ3) is 6.25. The van der Waals surface area contributed by atoms with E-state index >= 15 is 0 Å². The number of thioether (sulfide) groups is 1. The van der Waals surface area contributed by atoms with Gasteiger partial charge in [-0.3, -0.25) is 19.3 Å². The first kappa shape index (κ1) is 25.0. The lowest BCUT2D eigenvalue weighted by Crippen LogP contribution is -2.37. The molecule has 1 aliphatic rings. The zero-order valence-corrected chi connectivity index (χ0v) is 19.2. The second-order valence-electron chi connectivity index (χ2n) is 6.84. The van der Waals surface area contributed by atoms with Crippen LogP contribution in [0.1, 0.15) is 22.8 Å². The fraction of sp³-hybridized carbons (Fsp3) is 0.261. The molecule has 0 atom stereocenters.